The Balaban J connectivity index is 1.88. The van der Waals surface area contributed by atoms with E-state index in [4.69, 9.17) is 0 Å². The third kappa shape index (κ3) is 4.05. The molecule has 1 N–H and O–H groups in total. The fourth-order valence-corrected chi connectivity index (χ4v) is 3.19. The molecule has 2 atom stereocenters. The zero-order chi connectivity index (χ0) is 14.5. The lowest BCUT2D eigenvalue weighted by molar-refractivity contribution is 0.250. The van der Waals surface area contributed by atoms with E-state index in [0.29, 0.717) is 6.04 Å². The second-order valence-corrected chi connectivity index (χ2v) is 6.37. The Kier molecular flexibility index (Phi) is 5.58. The molecule has 1 saturated heterocycles. The van der Waals surface area contributed by atoms with E-state index in [1.165, 1.54) is 24.2 Å². The highest BCUT2D eigenvalue weighted by molar-refractivity contribution is 5.23. The van der Waals surface area contributed by atoms with Gasteiger partial charge in [-0.25, -0.2) is 0 Å². The van der Waals surface area contributed by atoms with Crippen LogP contribution in [0, 0.1) is 5.92 Å². The Bertz CT molecular complexity index is 399. The summed E-state index contributed by atoms with van der Waals surface area (Å²) in [6, 6.07) is 9.83. The smallest absolute Gasteiger partial charge is 0.0254 e. The maximum atomic E-state index is 3.20. The van der Waals surface area contributed by atoms with Crippen LogP contribution in [0.1, 0.15) is 18.1 Å². The second-order valence-electron chi connectivity index (χ2n) is 6.37. The van der Waals surface area contributed by atoms with Gasteiger partial charge in [0.1, 0.15) is 0 Å². The van der Waals surface area contributed by atoms with Crippen LogP contribution < -0.4 is 5.32 Å². The summed E-state index contributed by atoms with van der Waals surface area (Å²) < 4.78 is 0. The zero-order valence-corrected chi connectivity index (χ0v) is 13.4. The van der Waals surface area contributed by atoms with E-state index in [2.05, 4.69) is 60.4 Å². The molecule has 0 amide bonds. The number of hydrogen-bond donors (Lipinski definition) is 1. The Morgan fingerprint density at radius 1 is 1.15 bits per heavy atom. The van der Waals surface area contributed by atoms with Crippen molar-refractivity contribution >= 4 is 0 Å². The standard InChI is InChI=1S/C17H29N3/c1-14-11-20(13-17(14)19(3)4)12-16-7-5-15(6-8-16)9-10-18-2/h5-8,14,17-18H,9-13H2,1-4H3. The number of nitrogens with one attached hydrogen (secondary N) is 1. The average Bonchev–Trinajstić information content (AvgIpc) is 2.79. The summed E-state index contributed by atoms with van der Waals surface area (Å²) >= 11 is 0. The summed E-state index contributed by atoms with van der Waals surface area (Å²) in [5.41, 5.74) is 2.86. The summed E-state index contributed by atoms with van der Waals surface area (Å²) in [7, 11) is 6.40. The van der Waals surface area contributed by atoms with Gasteiger partial charge in [-0.15, -0.1) is 0 Å². The predicted molar refractivity (Wildman–Crippen MR) is 86.0 cm³/mol. The van der Waals surface area contributed by atoms with Crippen LogP contribution in [0.2, 0.25) is 0 Å². The third-order valence-electron chi connectivity index (χ3n) is 4.40. The Hall–Kier alpha value is -0.900. The summed E-state index contributed by atoms with van der Waals surface area (Å²) in [4.78, 5) is 4.95. The fourth-order valence-electron chi connectivity index (χ4n) is 3.19. The molecule has 1 aliphatic heterocycles. The summed E-state index contributed by atoms with van der Waals surface area (Å²) in [5.74, 6) is 0.764. The van der Waals surface area contributed by atoms with Gasteiger partial charge >= 0.3 is 0 Å². The van der Waals surface area contributed by atoms with Crippen LogP contribution in [0.4, 0.5) is 0 Å². The summed E-state index contributed by atoms with van der Waals surface area (Å²) in [5, 5.41) is 3.20. The number of hydrogen-bond acceptors (Lipinski definition) is 3. The average molecular weight is 275 g/mol. The van der Waals surface area contributed by atoms with Gasteiger partial charge in [0.15, 0.2) is 0 Å². The Morgan fingerprint density at radius 2 is 1.80 bits per heavy atom. The number of rotatable bonds is 6. The maximum absolute atomic E-state index is 3.20. The van der Waals surface area contributed by atoms with E-state index in [1.54, 1.807) is 0 Å². The normalized spacial score (nSPS) is 23.6. The van der Waals surface area contributed by atoms with Crippen molar-refractivity contribution in [3.63, 3.8) is 0 Å². The minimum Gasteiger partial charge on any atom is -0.319 e. The van der Waals surface area contributed by atoms with Crippen LogP contribution in [0.25, 0.3) is 0 Å². The quantitative estimate of drug-likeness (QED) is 0.854. The van der Waals surface area contributed by atoms with Crippen molar-refractivity contribution < 1.29 is 0 Å². The minimum absolute atomic E-state index is 0.699. The molecule has 112 valence electrons. The van der Waals surface area contributed by atoms with Crippen molar-refractivity contribution in [1.82, 2.24) is 15.1 Å². The lowest BCUT2D eigenvalue weighted by Crippen LogP contribution is -2.34. The van der Waals surface area contributed by atoms with Gasteiger partial charge in [0, 0.05) is 25.7 Å². The van der Waals surface area contributed by atoms with Gasteiger partial charge in [0.05, 0.1) is 0 Å². The van der Waals surface area contributed by atoms with Crippen LogP contribution in [0.5, 0.6) is 0 Å². The predicted octanol–water partition coefficient (Wildman–Crippen LogP) is 1.83. The number of likely N-dealkylation sites (tertiary alicyclic amines) is 1. The molecule has 2 unspecified atom stereocenters. The van der Waals surface area contributed by atoms with Gasteiger partial charge in [-0.3, -0.25) is 4.90 Å². The van der Waals surface area contributed by atoms with Crippen LogP contribution in [-0.4, -0.2) is 56.6 Å². The Labute approximate surface area is 124 Å². The molecular formula is C17H29N3. The summed E-state index contributed by atoms with van der Waals surface area (Å²) in [6.45, 7) is 6.90. The van der Waals surface area contributed by atoms with Gasteiger partial charge in [0.2, 0.25) is 0 Å². The van der Waals surface area contributed by atoms with Gasteiger partial charge in [-0.2, -0.15) is 0 Å². The minimum atomic E-state index is 0.699. The van der Waals surface area contributed by atoms with E-state index in [9.17, 15) is 0 Å². The molecule has 0 aromatic heterocycles. The highest BCUT2D eigenvalue weighted by atomic mass is 15.2. The molecule has 1 aromatic carbocycles. The van der Waals surface area contributed by atoms with Crippen molar-refractivity contribution in [3.05, 3.63) is 35.4 Å². The highest BCUT2D eigenvalue weighted by Gasteiger charge is 2.30. The molecule has 0 bridgehead atoms. The molecule has 0 spiro atoms. The van der Waals surface area contributed by atoms with E-state index >= 15 is 0 Å². The molecule has 1 fully saturated rings. The van der Waals surface area contributed by atoms with E-state index in [1.807, 2.05) is 7.05 Å². The van der Waals surface area contributed by atoms with E-state index in [-0.39, 0.29) is 0 Å². The van der Waals surface area contributed by atoms with Gasteiger partial charge in [-0.1, -0.05) is 31.2 Å². The zero-order valence-electron chi connectivity index (χ0n) is 13.4. The van der Waals surface area contributed by atoms with Crippen molar-refractivity contribution in [1.29, 1.82) is 0 Å². The molecule has 0 aliphatic carbocycles. The molecule has 1 aromatic rings. The van der Waals surface area contributed by atoms with Crippen molar-refractivity contribution in [2.45, 2.75) is 25.9 Å². The molecule has 0 saturated carbocycles. The van der Waals surface area contributed by atoms with E-state index in [0.717, 1.165) is 25.4 Å². The van der Waals surface area contributed by atoms with Crippen molar-refractivity contribution in [2.24, 2.45) is 5.92 Å². The van der Waals surface area contributed by atoms with E-state index < -0.39 is 0 Å². The molecular weight excluding hydrogens is 246 g/mol. The molecule has 20 heavy (non-hydrogen) atoms. The molecule has 1 heterocycles. The van der Waals surface area contributed by atoms with Crippen LogP contribution in [-0.2, 0) is 13.0 Å². The van der Waals surface area contributed by atoms with Gasteiger partial charge in [-0.05, 0) is 51.2 Å². The number of nitrogens with zero attached hydrogens (tertiary/aromatic N) is 2. The van der Waals surface area contributed by atoms with Crippen LogP contribution in [0.3, 0.4) is 0 Å². The maximum Gasteiger partial charge on any atom is 0.0254 e. The SMILES string of the molecule is CNCCc1ccc(CN2CC(C)C(N(C)C)C2)cc1. The molecule has 1 aliphatic rings. The van der Waals surface area contributed by atoms with Crippen molar-refractivity contribution in [3.8, 4) is 0 Å². The molecule has 3 nitrogen and oxygen atoms in total. The molecule has 3 heteroatoms. The molecule has 2 rings (SSSR count). The second kappa shape index (κ2) is 7.21. The first-order chi connectivity index (χ1) is 9.60. The highest BCUT2D eigenvalue weighted by Crippen LogP contribution is 2.21. The topological polar surface area (TPSA) is 18.5 Å². The largest absolute Gasteiger partial charge is 0.319 e. The van der Waals surface area contributed by atoms with Gasteiger partial charge < -0.3 is 10.2 Å². The first-order valence-electron chi connectivity index (χ1n) is 7.71. The molecule has 0 radical (unpaired) electrons. The van der Waals surface area contributed by atoms with Gasteiger partial charge in [0.25, 0.3) is 0 Å². The Morgan fingerprint density at radius 3 is 2.35 bits per heavy atom. The number of benzene rings is 1. The fraction of sp³-hybridized carbons (Fsp3) is 0.647. The first-order valence-corrected chi connectivity index (χ1v) is 7.71. The third-order valence-corrected chi connectivity index (χ3v) is 4.40. The lowest BCUT2D eigenvalue weighted by atomic mass is 10.1. The number of likely N-dealkylation sites (N-methyl/N-ethyl adjacent to an activating group) is 2. The van der Waals surface area contributed by atoms with Crippen LogP contribution >= 0.6 is 0 Å². The van der Waals surface area contributed by atoms with Crippen LogP contribution in [0.15, 0.2) is 24.3 Å². The first kappa shape index (κ1) is 15.5. The monoisotopic (exact) mass is 275 g/mol. The van der Waals surface area contributed by atoms with Crippen molar-refractivity contribution in [2.75, 3.05) is 40.8 Å². The lowest BCUT2D eigenvalue weighted by Gasteiger charge is -2.22. The summed E-state index contributed by atoms with van der Waals surface area (Å²) in [6.07, 6.45) is 1.11.